The molecule has 0 saturated carbocycles. The van der Waals surface area contributed by atoms with Crippen LogP contribution in [0, 0.1) is 5.41 Å². The van der Waals surface area contributed by atoms with Crippen molar-refractivity contribution in [3.63, 3.8) is 0 Å². The van der Waals surface area contributed by atoms with E-state index < -0.39 is 16.3 Å². The standard InChI is InChI=1S/C24H27N5O3S/c25-24(26)17-4-2-15-1-3-16(11-18(15)12-17)23-14-19-13-21(32-20-7-9-28-10-8-20)5-6-22(19)29(23)33(27,30)31/h1-6,11-13,20,23,28H,7-10,14H2,(H3,25,26)(H2,27,30,31). The van der Waals surface area contributed by atoms with E-state index in [2.05, 4.69) is 5.32 Å². The Labute approximate surface area is 193 Å². The maximum Gasteiger partial charge on any atom is 0.299 e. The molecule has 33 heavy (non-hydrogen) atoms. The van der Waals surface area contributed by atoms with Gasteiger partial charge in [-0.1, -0.05) is 24.3 Å². The summed E-state index contributed by atoms with van der Waals surface area (Å²) in [5.41, 5.74) is 8.57. The van der Waals surface area contributed by atoms with Crippen molar-refractivity contribution in [2.24, 2.45) is 10.9 Å². The smallest absolute Gasteiger partial charge is 0.299 e. The first-order valence-electron chi connectivity index (χ1n) is 11.0. The van der Waals surface area contributed by atoms with E-state index in [4.69, 9.17) is 21.0 Å². The largest absolute Gasteiger partial charge is 0.490 e. The van der Waals surface area contributed by atoms with Crippen LogP contribution in [0.1, 0.15) is 35.6 Å². The molecule has 5 rings (SSSR count). The van der Waals surface area contributed by atoms with Gasteiger partial charge in [0.2, 0.25) is 0 Å². The summed E-state index contributed by atoms with van der Waals surface area (Å²) in [7, 11) is -4.00. The number of fused-ring (bicyclic) bond motifs is 2. The number of piperidine rings is 1. The molecule has 3 aromatic carbocycles. The molecule has 8 nitrogen and oxygen atoms in total. The van der Waals surface area contributed by atoms with Crippen LogP contribution in [0.5, 0.6) is 5.75 Å². The Kier molecular flexibility index (Phi) is 5.48. The van der Waals surface area contributed by atoms with Gasteiger partial charge in [0.1, 0.15) is 17.7 Å². The first-order valence-corrected chi connectivity index (χ1v) is 12.5. The molecule has 0 spiro atoms. The van der Waals surface area contributed by atoms with E-state index in [-0.39, 0.29) is 11.9 Å². The first kappa shape index (κ1) is 21.7. The summed E-state index contributed by atoms with van der Waals surface area (Å²) in [5, 5.41) is 18.6. The average Bonchev–Trinajstić information content (AvgIpc) is 3.18. The second-order valence-electron chi connectivity index (χ2n) is 8.65. The minimum atomic E-state index is -4.00. The topological polar surface area (TPSA) is 135 Å². The lowest BCUT2D eigenvalue weighted by Crippen LogP contribution is -2.37. The third kappa shape index (κ3) is 4.27. The van der Waals surface area contributed by atoms with Gasteiger partial charge in [-0.2, -0.15) is 8.42 Å². The maximum absolute atomic E-state index is 12.6. The van der Waals surface area contributed by atoms with Gasteiger partial charge in [0.25, 0.3) is 10.2 Å². The lowest BCUT2D eigenvalue weighted by Gasteiger charge is -2.26. The second kappa shape index (κ2) is 8.33. The van der Waals surface area contributed by atoms with Crippen molar-refractivity contribution >= 4 is 32.5 Å². The molecule has 1 fully saturated rings. The monoisotopic (exact) mass is 465 g/mol. The number of benzene rings is 3. The molecule has 6 N–H and O–H groups in total. The minimum absolute atomic E-state index is 0.0111. The van der Waals surface area contributed by atoms with Crippen LogP contribution < -0.4 is 25.2 Å². The Morgan fingerprint density at radius 3 is 2.52 bits per heavy atom. The van der Waals surface area contributed by atoms with Gasteiger partial charge < -0.3 is 15.8 Å². The van der Waals surface area contributed by atoms with Crippen LogP contribution in [0.4, 0.5) is 5.69 Å². The zero-order valence-electron chi connectivity index (χ0n) is 18.1. The SMILES string of the molecule is N=C(N)c1ccc2ccc(C3Cc4cc(OC5CCNCC5)ccc4N3S(N)(=O)=O)cc2c1. The molecule has 0 amide bonds. The van der Waals surface area contributed by atoms with Gasteiger partial charge in [0.05, 0.1) is 11.7 Å². The molecule has 1 unspecified atom stereocenters. The van der Waals surface area contributed by atoms with Crippen molar-refractivity contribution < 1.29 is 13.2 Å². The molecule has 0 aliphatic carbocycles. The van der Waals surface area contributed by atoms with Crippen LogP contribution in [0.2, 0.25) is 0 Å². The molecule has 172 valence electrons. The van der Waals surface area contributed by atoms with E-state index in [9.17, 15) is 8.42 Å². The summed E-state index contributed by atoms with van der Waals surface area (Å²) in [6.45, 7) is 1.87. The Morgan fingerprint density at radius 1 is 1.03 bits per heavy atom. The van der Waals surface area contributed by atoms with Crippen molar-refractivity contribution in [2.75, 3.05) is 17.4 Å². The summed E-state index contributed by atoms with van der Waals surface area (Å²) >= 11 is 0. The van der Waals surface area contributed by atoms with E-state index in [1.807, 2.05) is 42.5 Å². The number of nitrogens with two attached hydrogens (primary N) is 2. The van der Waals surface area contributed by atoms with Crippen LogP contribution >= 0.6 is 0 Å². The van der Waals surface area contributed by atoms with Crippen molar-refractivity contribution in [3.8, 4) is 5.75 Å². The molecular weight excluding hydrogens is 438 g/mol. The molecule has 2 aliphatic rings. The predicted molar refractivity (Wildman–Crippen MR) is 130 cm³/mol. The van der Waals surface area contributed by atoms with Gasteiger partial charge in [0, 0.05) is 12.0 Å². The summed E-state index contributed by atoms with van der Waals surface area (Å²) < 4.78 is 32.7. The highest BCUT2D eigenvalue weighted by molar-refractivity contribution is 7.90. The molecule has 0 bridgehead atoms. The van der Waals surface area contributed by atoms with Crippen LogP contribution in [-0.2, 0) is 16.6 Å². The third-order valence-electron chi connectivity index (χ3n) is 6.41. The Balaban J connectivity index is 1.50. The fourth-order valence-corrected chi connectivity index (χ4v) is 5.79. The number of anilines is 1. The average molecular weight is 466 g/mol. The van der Waals surface area contributed by atoms with Gasteiger partial charge in [-0.25, -0.2) is 9.44 Å². The molecule has 1 atom stereocenters. The molecule has 0 radical (unpaired) electrons. The predicted octanol–water partition coefficient (Wildman–Crippen LogP) is 2.56. The van der Waals surface area contributed by atoms with E-state index in [0.717, 1.165) is 53.6 Å². The zero-order chi connectivity index (χ0) is 23.2. The number of rotatable bonds is 5. The molecule has 2 heterocycles. The number of hydrogen-bond donors (Lipinski definition) is 4. The quantitative estimate of drug-likeness (QED) is 0.339. The van der Waals surface area contributed by atoms with Crippen LogP contribution in [0.15, 0.2) is 54.6 Å². The normalized spacial score (nSPS) is 18.9. The fraction of sp³-hybridized carbons (Fsp3) is 0.292. The van der Waals surface area contributed by atoms with Gasteiger partial charge in [-0.15, -0.1) is 0 Å². The zero-order valence-corrected chi connectivity index (χ0v) is 18.9. The van der Waals surface area contributed by atoms with Crippen LogP contribution in [-0.4, -0.2) is 33.4 Å². The van der Waals surface area contributed by atoms with Crippen LogP contribution in [0.3, 0.4) is 0 Å². The molecule has 0 aromatic heterocycles. The number of nitrogens with zero attached hydrogens (tertiary/aromatic N) is 1. The molecule has 1 saturated heterocycles. The van der Waals surface area contributed by atoms with E-state index in [1.54, 1.807) is 12.1 Å². The van der Waals surface area contributed by atoms with Crippen molar-refractivity contribution in [1.82, 2.24) is 5.32 Å². The van der Waals surface area contributed by atoms with Crippen molar-refractivity contribution in [1.29, 1.82) is 5.41 Å². The van der Waals surface area contributed by atoms with Crippen LogP contribution in [0.25, 0.3) is 10.8 Å². The second-order valence-corrected chi connectivity index (χ2v) is 10.1. The first-order chi connectivity index (χ1) is 15.8. The molecule has 2 aliphatic heterocycles. The molecule has 3 aromatic rings. The number of nitrogen functional groups attached to an aromatic ring is 1. The Bertz CT molecular complexity index is 1340. The summed E-state index contributed by atoms with van der Waals surface area (Å²) in [4.78, 5) is 0. The lowest BCUT2D eigenvalue weighted by atomic mass is 9.98. The van der Waals surface area contributed by atoms with E-state index >= 15 is 0 Å². The number of hydrogen-bond acceptors (Lipinski definition) is 5. The van der Waals surface area contributed by atoms with Gasteiger partial charge in [-0.3, -0.25) is 5.41 Å². The summed E-state index contributed by atoms with van der Waals surface area (Å²) in [6.07, 6.45) is 2.55. The van der Waals surface area contributed by atoms with Gasteiger partial charge in [-0.05, 0) is 78.2 Å². The number of amidine groups is 1. The minimum Gasteiger partial charge on any atom is -0.490 e. The number of ether oxygens (including phenoxy) is 1. The highest BCUT2D eigenvalue weighted by Gasteiger charge is 2.37. The van der Waals surface area contributed by atoms with Gasteiger partial charge >= 0.3 is 0 Å². The summed E-state index contributed by atoms with van der Waals surface area (Å²) in [5.74, 6) is 0.739. The Hall–Kier alpha value is -3.14. The highest BCUT2D eigenvalue weighted by Crippen LogP contribution is 2.43. The Morgan fingerprint density at radius 2 is 1.79 bits per heavy atom. The molecular formula is C24H27N5O3S. The van der Waals surface area contributed by atoms with E-state index in [0.29, 0.717) is 17.7 Å². The third-order valence-corrected chi connectivity index (χ3v) is 7.41. The summed E-state index contributed by atoms with van der Waals surface area (Å²) in [6, 6.07) is 16.4. The van der Waals surface area contributed by atoms with Crippen molar-refractivity contribution in [2.45, 2.75) is 31.4 Å². The van der Waals surface area contributed by atoms with E-state index in [1.165, 1.54) is 4.31 Å². The highest BCUT2D eigenvalue weighted by atomic mass is 32.2. The fourth-order valence-electron chi connectivity index (χ4n) is 4.79. The number of nitrogens with one attached hydrogen (secondary N) is 2. The van der Waals surface area contributed by atoms with Gasteiger partial charge in [0.15, 0.2) is 0 Å². The lowest BCUT2D eigenvalue weighted by molar-refractivity contribution is 0.162. The van der Waals surface area contributed by atoms with Crippen molar-refractivity contribution in [3.05, 3.63) is 71.3 Å². The maximum atomic E-state index is 12.6. The molecule has 9 heteroatoms.